The molecule has 0 saturated carbocycles. The lowest BCUT2D eigenvalue weighted by atomic mass is 10.1. The molecule has 0 aliphatic heterocycles. The summed E-state index contributed by atoms with van der Waals surface area (Å²) in [7, 11) is 0.541. The zero-order chi connectivity index (χ0) is 26.6. The van der Waals surface area contributed by atoms with Crippen molar-refractivity contribution in [3.63, 3.8) is 0 Å². The first-order chi connectivity index (χ1) is 17.7. The van der Waals surface area contributed by atoms with Gasteiger partial charge in [0.05, 0.1) is 26.4 Å². The molecule has 5 nitrogen and oxygen atoms in total. The summed E-state index contributed by atoms with van der Waals surface area (Å²) in [5, 5.41) is 0. The fourth-order valence-corrected chi connectivity index (χ4v) is 4.72. The van der Waals surface area contributed by atoms with Crippen LogP contribution in [0.5, 0.6) is 0 Å². The average molecular weight is 533 g/mol. The fraction of sp³-hybridized carbons (Fsp3) is 1.00. The molecule has 0 spiro atoms. The first-order valence-corrected chi connectivity index (χ1v) is 16.6. The third-order valence-corrected chi connectivity index (χ3v) is 7.10. The predicted molar refractivity (Wildman–Crippen MR) is 156 cm³/mol. The monoisotopic (exact) mass is 532 g/mol. The van der Waals surface area contributed by atoms with Crippen LogP contribution in [0.1, 0.15) is 156 Å². The lowest BCUT2D eigenvalue weighted by Crippen LogP contribution is -2.53. The minimum Gasteiger partial charge on any atom is -0.398 e. The van der Waals surface area contributed by atoms with Gasteiger partial charge in [-0.25, -0.2) is 0 Å². The molecule has 0 aromatic heterocycles. The Morgan fingerprint density at radius 2 is 0.750 bits per heavy atom. The van der Waals surface area contributed by atoms with Crippen LogP contribution in [0.15, 0.2) is 0 Å². The van der Waals surface area contributed by atoms with E-state index in [0.29, 0.717) is 36.9 Å². The van der Waals surface area contributed by atoms with E-state index < -0.39 is 12.3 Å². The summed E-state index contributed by atoms with van der Waals surface area (Å²) in [6, 6.07) is 0. The third-order valence-electron chi connectivity index (χ3n) is 6.67. The molecule has 0 bridgehead atoms. The number of rotatable bonds is 30. The van der Waals surface area contributed by atoms with Gasteiger partial charge in [0.15, 0.2) is 0 Å². The van der Waals surface area contributed by atoms with Crippen molar-refractivity contribution < 1.29 is 23.4 Å². The maximum absolute atomic E-state index is 6.44. The second-order valence-corrected chi connectivity index (χ2v) is 10.7. The largest absolute Gasteiger partial charge is 0.398 e. The summed E-state index contributed by atoms with van der Waals surface area (Å²) in [6.45, 7) is 11.5. The molecular formula is C30H64O5Si. The molecule has 0 radical (unpaired) electrons. The van der Waals surface area contributed by atoms with Crippen LogP contribution in [0, 0.1) is 0 Å². The van der Waals surface area contributed by atoms with Crippen LogP contribution in [-0.4, -0.2) is 49.2 Å². The molecular weight excluding hydrogens is 468 g/mol. The van der Waals surface area contributed by atoms with Crippen molar-refractivity contribution in [1.82, 2.24) is 0 Å². The Bertz CT molecular complexity index is 383. The van der Waals surface area contributed by atoms with Gasteiger partial charge in [-0.3, -0.25) is 0 Å². The molecule has 1 atom stereocenters. The molecule has 0 amide bonds. The fourth-order valence-electron chi connectivity index (χ4n) is 4.30. The molecule has 0 N–H and O–H groups in total. The van der Waals surface area contributed by atoms with Crippen LogP contribution in [0.25, 0.3) is 0 Å². The zero-order valence-electron chi connectivity index (χ0n) is 25.1. The highest BCUT2D eigenvalue weighted by Crippen LogP contribution is 2.27. The predicted octanol–water partition coefficient (Wildman–Crippen LogP) is 8.21. The lowest BCUT2D eigenvalue weighted by molar-refractivity contribution is -0.445. The SMILES string of the molecule is CCCCCCCOC(O[SiH3])C(OCCCCCCC)(OCCCCCCC)OCCCCCCC. The van der Waals surface area contributed by atoms with Crippen LogP contribution in [0.2, 0.25) is 0 Å². The van der Waals surface area contributed by atoms with Crippen molar-refractivity contribution in [2.45, 2.75) is 168 Å². The topological polar surface area (TPSA) is 46.2 Å². The smallest absolute Gasteiger partial charge is 0.336 e. The molecule has 0 aliphatic carbocycles. The number of hydrogen-bond acceptors (Lipinski definition) is 5. The number of ether oxygens (including phenoxy) is 4. The lowest BCUT2D eigenvalue weighted by Gasteiger charge is -2.38. The Morgan fingerprint density at radius 3 is 1.06 bits per heavy atom. The molecule has 0 saturated heterocycles. The number of hydrogen-bond donors (Lipinski definition) is 0. The van der Waals surface area contributed by atoms with E-state index in [1.807, 2.05) is 0 Å². The molecule has 0 fully saturated rings. The molecule has 218 valence electrons. The first kappa shape index (κ1) is 36.0. The Balaban J connectivity index is 5.15. The summed E-state index contributed by atoms with van der Waals surface area (Å²) < 4.78 is 31.6. The van der Waals surface area contributed by atoms with Gasteiger partial charge in [0.1, 0.15) is 10.5 Å². The molecule has 0 heterocycles. The van der Waals surface area contributed by atoms with Gasteiger partial charge in [-0.15, -0.1) is 0 Å². The van der Waals surface area contributed by atoms with Crippen LogP contribution < -0.4 is 0 Å². The highest BCUT2D eigenvalue weighted by Gasteiger charge is 2.44. The van der Waals surface area contributed by atoms with Crippen molar-refractivity contribution in [2.75, 3.05) is 26.4 Å². The summed E-state index contributed by atoms with van der Waals surface area (Å²) in [5.41, 5.74) is 0. The minimum atomic E-state index is -1.26. The summed E-state index contributed by atoms with van der Waals surface area (Å²) in [4.78, 5) is 0. The second kappa shape index (κ2) is 28.0. The van der Waals surface area contributed by atoms with E-state index >= 15 is 0 Å². The van der Waals surface area contributed by atoms with Gasteiger partial charge in [0, 0.05) is 0 Å². The quantitative estimate of drug-likeness (QED) is 0.0530. The maximum atomic E-state index is 6.44. The van der Waals surface area contributed by atoms with E-state index in [1.165, 1.54) is 103 Å². The van der Waals surface area contributed by atoms with Crippen LogP contribution >= 0.6 is 0 Å². The van der Waals surface area contributed by atoms with Gasteiger partial charge >= 0.3 is 5.97 Å². The van der Waals surface area contributed by atoms with Gasteiger partial charge < -0.3 is 23.4 Å². The molecule has 0 rings (SSSR count). The first-order valence-electron chi connectivity index (χ1n) is 15.8. The summed E-state index contributed by atoms with van der Waals surface area (Å²) in [6.07, 6.45) is 23.2. The van der Waals surface area contributed by atoms with Crippen molar-refractivity contribution in [3.05, 3.63) is 0 Å². The molecule has 6 heteroatoms. The van der Waals surface area contributed by atoms with E-state index in [4.69, 9.17) is 23.4 Å². The molecule has 0 aromatic carbocycles. The van der Waals surface area contributed by atoms with Crippen LogP contribution in [-0.2, 0) is 23.4 Å². The number of unbranched alkanes of at least 4 members (excludes halogenated alkanes) is 16. The Labute approximate surface area is 228 Å². The normalized spacial score (nSPS) is 13.0. The van der Waals surface area contributed by atoms with E-state index in [0.717, 1.165) is 25.7 Å². The summed E-state index contributed by atoms with van der Waals surface area (Å²) >= 11 is 0. The Kier molecular flexibility index (Phi) is 28.0. The molecule has 36 heavy (non-hydrogen) atoms. The minimum absolute atomic E-state index is 0.541. The van der Waals surface area contributed by atoms with E-state index in [2.05, 4.69) is 27.7 Å². The third kappa shape index (κ3) is 20.0. The van der Waals surface area contributed by atoms with Crippen molar-refractivity contribution in [3.8, 4) is 0 Å². The van der Waals surface area contributed by atoms with Gasteiger partial charge in [-0.1, -0.05) is 130 Å². The van der Waals surface area contributed by atoms with Gasteiger partial charge in [0.25, 0.3) is 0 Å². The highest BCUT2D eigenvalue weighted by atomic mass is 28.2. The Morgan fingerprint density at radius 1 is 0.444 bits per heavy atom. The highest BCUT2D eigenvalue weighted by molar-refractivity contribution is 5.98. The zero-order valence-corrected chi connectivity index (χ0v) is 27.1. The van der Waals surface area contributed by atoms with Crippen molar-refractivity contribution in [2.24, 2.45) is 0 Å². The molecule has 0 aliphatic rings. The maximum Gasteiger partial charge on any atom is 0.336 e. The van der Waals surface area contributed by atoms with E-state index in [9.17, 15) is 0 Å². The standard InChI is InChI=1S/C30H64O5Si/c1-5-9-13-17-21-25-31-29(35-36)30(32-26-22-18-14-10-6-2,33-27-23-19-15-11-7-3)34-28-24-20-16-12-8-4/h29H,5-28H2,1-4,36H3. The molecule has 0 aromatic rings. The van der Waals surface area contributed by atoms with Gasteiger partial charge in [-0.2, -0.15) is 0 Å². The summed E-state index contributed by atoms with van der Waals surface area (Å²) in [5.74, 6) is -1.26. The van der Waals surface area contributed by atoms with Crippen molar-refractivity contribution >= 4 is 10.5 Å². The van der Waals surface area contributed by atoms with Crippen LogP contribution in [0.3, 0.4) is 0 Å². The van der Waals surface area contributed by atoms with E-state index in [-0.39, 0.29) is 0 Å². The molecule has 1 unspecified atom stereocenters. The van der Waals surface area contributed by atoms with Gasteiger partial charge in [0.2, 0.25) is 6.29 Å². The second-order valence-electron chi connectivity index (χ2n) is 10.2. The van der Waals surface area contributed by atoms with Gasteiger partial charge in [-0.05, 0) is 25.7 Å². The average Bonchev–Trinajstić information content (AvgIpc) is 2.89. The Hall–Kier alpha value is 0.0169. The van der Waals surface area contributed by atoms with Crippen molar-refractivity contribution in [1.29, 1.82) is 0 Å². The van der Waals surface area contributed by atoms with E-state index in [1.54, 1.807) is 0 Å². The van der Waals surface area contributed by atoms with Crippen LogP contribution in [0.4, 0.5) is 0 Å².